The Balaban J connectivity index is 1.52. The maximum Gasteiger partial charge on any atom is 0.228 e. The van der Waals surface area contributed by atoms with Crippen molar-refractivity contribution in [1.29, 1.82) is 0 Å². The molecular formula is C19H27FN4O2S. The first-order valence-corrected chi connectivity index (χ1v) is 10.4. The van der Waals surface area contributed by atoms with E-state index in [1.807, 2.05) is 0 Å². The summed E-state index contributed by atoms with van der Waals surface area (Å²) < 4.78 is 26.2. The van der Waals surface area contributed by atoms with Crippen LogP contribution in [0.2, 0.25) is 0 Å². The van der Waals surface area contributed by atoms with E-state index < -0.39 is 0 Å². The van der Waals surface area contributed by atoms with Gasteiger partial charge in [0.1, 0.15) is 11.6 Å². The van der Waals surface area contributed by atoms with E-state index in [2.05, 4.69) is 33.5 Å². The first-order chi connectivity index (χ1) is 13.1. The number of morpholine rings is 1. The Morgan fingerprint density at radius 3 is 2.63 bits per heavy atom. The number of anilines is 1. The SMILES string of the molecule is CC(C)Cn1c(SCCCOc2ccc(F)cc2)nnc1N1CCOCC1. The molecule has 2 aromatic rings. The Hall–Kier alpha value is -1.80. The maximum absolute atomic E-state index is 12.9. The summed E-state index contributed by atoms with van der Waals surface area (Å²) in [5.74, 6) is 2.79. The van der Waals surface area contributed by atoms with Crippen LogP contribution in [0.3, 0.4) is 0 Å². The third kappa shape index (κ3) is 5.84. The summed E-state index contributed by atoms with van der Waals surface area (Å²) in [6.45, 7) is 9.07. The van der Waals surface area contributed by atoms with E-state index in [9.17, 15) is 4.39 Å². The molecule has 0 amide bonds. The van der Waals surface area contributed by atoms with Gasteiger partial charge < -0.3 is 14.4 Å². The van der Waals surface area contributed by atoms with E-state index in [0.29, 0.717) is 18.3 Å². The molecular weight excluding hydrogens is 367 g/mol. The number of rotatable bonds is 9. The van der Waals surface area contributed by atoms with Crippen LogP contribution in [0, 0.1) is 11.7 Å². The molecule has 1 aliphatic rings. The predicted octanol–water partition coefficient (Wildman–Crippen LogP) is 3.47. The molecule has 27 heavy (non-hydrogen) atoms. The van der Waals surface area contributed by atoms with Gasteiger partial charge in [-0.3, -0.25) is 4.57 Å². The second-order valence-corrected chi connectivity index (χ2v) is 7.95. The summed E-state index contributed by atoms with van der Waals surface area (Å²) in [5, 5.41) is 9.82. The van der Waals surface area contributed by atoms with E-state index in [-0.39, 0.29) is 5.82 Å². The largest absolute Gasteiger partial charge is 0.494 e. The molecule has 1 aliphatic heterocycles. The number of ether oxygens (including phenoxy) is 2. The molecule has 0 N–H and O–H groups in total. The number of benzene rings is 1. The molecule has 8 heteroatoms. The van der Waals surface area contributed by atoms with Gasteiger partial charge in [0.2, 0.25) is 5.95 Å². The van der Waals surface area contributed by atoms with Crippen LogP contribution in [0.5, 0.6) is 5.75 Å². The van der Waals surface area contributed by atoms with Gasteiger partial charge in [-0.05, 0) is 36.6 Å². The fraction of sp³-hybridized carbons (Fsp3) is 0.579. The van der Waals surface area contributed by atoms with Crippen molar-refractivity contribution in [3.63, 3.8) is 0 Å². The van der Waals surface area contributed by atoms with Crippen LogP contribution in [0.1, 0.15) is 20.3 Å². The number of halogens is 1. The Morgan fingerprint density at radius 2 is 1.93 bits per heavy atom. The van der Waals surface area contributed by atoms with Crippen molar-refractivity contribution in [3.05, 3.63) is 30.1 Å². The molecule has 0 atom stereocenters. The minimum Gasteiger partial charge on any atom is -0.494 e. The number of hydrogen-bond donors (Lipinski definition) is 0. The first-order valence-electron chi connectivity index (χ1n) is 9.40. The number of hydrogen-bond acceptors (Lipinski definition) is 6. The van der Waals surface area contributed by atoms with Crippen LogP contribution in [-0.4, -0.2) is 53.4 Å². The minimum absolute atomic E-state index is 0.251. The van der Waals surface area contributed by atoms with Gasteiger partial charge in [-0.15, -0.1) is 10.2 Å². The van der Waals surface area contributed by atoms with Crippen molar-refractivity contribution in [3.8, 4) is 5.75 Å². The number of thioether (sulfide) groups is 1. The third-order valence-corrected chi connectivity index (χ3v) is 5.19. The Kier molecular flexibility index (Phi) is 7.34. The van der Waals surface area contributed by atoms with Gasteiger partial charge in [0.25, 0.3) is 0 Å². The average Bonchev–Trinajstić information content (AvgIpc) is 3.05. The molecule has 1 aromatic carbocycles. The zero-order chi connectivity index (χ0) is 19.1. The number of nitrogens with zero attached hydrogens (tertiary/aromatic N) is 4. The van der Waals surface area contributed by atoms with Crippen molar-refractivity contribution in [2.75, 3.05) is 43.6 Å². The van der Waals surface area contributed by atoms with Crippen molar-refractivity contribution in [2.24, 2.45) is 5.92 Å². The Labute approximate surface area is 164 Å². The number of aromatic nitrogens is 3. The molecule has 1 saturated heterocycles. The van der Waals surface area contributed by atoms with Gasteiger partial charge in [-0.25, -0.2) is 4.39 Å². The van der Waals surface area contributed by atoms with Crippen molar-refractivity contribution in [1.82, 2.24) is 14.8 Å². The van der Waals surface area contributed by atoms with Crippen LogP contribution < -0.4 is 9.64 Å². The lowest BCUT2D eigenvalue weighted by Crippen LogP contribution is -2.38. The van der Waals surface area contributed by atoms with Crippen LogP contribution in [-0.2, 0) is 11.3 Å². The van der Waals surface area contributed by atoms with E-state index in [1.54, 1.807) is 23.9 Å². The zero-order valence-corrected chi connectivity index (χ0v) is 16.8. The molecule has 148 valence electrons. The highest BCUT2D eigenvalue weighted by atomic mass is 32.2. The van der Waals surface area contributed by atoms with E-state index in [4.69, 9.17) is 9.47 Å². The quantitative estimate of drug-likeness (QED) is 0.480. The van der Waals surface area contributed by atoms with E-state index in [1.165, 1.54) is 12.1 Å². The van der Waals surface area contributed by atoms with Crippen LogP contribution >= 0.6 is 11.8 Å². The molecule has 0 radical (unpaired) electrons. The highest BCUT2D eigenvalue weighted by Crippen LogP contribution is 2.24. The third-order valence-electron chi connectivity index (χ3n) is 4.14. The monoisotopic (exact) mass is 394 g/mol. The molecule has 0 aliphatic carbocycles. The highest BCUT2D eigenvalue weighted by Gasteiger charge is 2.21. The first kappa shape index (κ1) is 19.9. The molecule has 0 unspecified atom stereocenters. The minimum atomic E-state index is -0.251. The van der Waals surface area contributed by atoms with Crippen LogP contribution in [0.25, 0.3) is 0 Å². The summed E-state index contributed by atoms with van der Waals surface area (Å²) in [4.78, 5) is 2.25. The van der Waals surface area contributed by atoms with Crippen molar-refractivity contribution < 1.29 is 13.9 Å². The summed E-state index contributed by atoms with van der Waals surface area (Å²) in [6.07, 6.45) is 0.878. The summed E-state index contributed by atoms with van der Waals surface area (Å²) in [7, 11) is 0. The molecule has 6 nitrogen and oxygen atoms in total. The highest BCUT2D eigenvalue weighted by molar-refractivity contribution is 7.99. The smallest absolute Gasteiger partial charge is 0.228 e. The summed E-state index contributed by atoms with van der Waals surface area (Å²) >= 11 is 1.70. The van der Waals surface area contributed by atoms with Crippen LogP contribution in [0.4, 0.5) is 10.3 Å². The van der Waals surface area contributed by atoms with Gasteiger partial charge in [0.05, 0.1) is 19.8 Å². The zero-order valence-electron chi connectivity index (χ0n) is 15.9. The lowest BCUT2D eigenvalue weighted by Gasteiger charge is -2.28. The van der Waals surface area contributed by atoms with E-state index in [0.717, 1.165) is 56.1 Å². The van der Waals surface area contributed by atoms with Gasteiger partial charge in [-0.1, -0.05) is 25.6 Å². The Morgan fingerprint density at radius 1 is 1.19 bits per heavy atom. The molecule has 3 rings (SSSR count). The average molecular weight is 395 g/mol. The summed E-state index contributed by atoms with van der Waals surface area (Å²) in [5.41, 5.74) is 0. The molecule has 0 bridgehead atoms. The Bertz CT molecular complexity index is 702. The van der Waals surface area contributed by atoms with E-state index >= 15 is 0 Å². The van der Waals surface area contributed by atoms with Crippen molar-refractivity contribution in [2.45, 2.75) is 32.0 Å². The summed E-state index contributed by atoms with van der Waals surface area (Å²) in [6, 6.07) is 6.12. The molecule has 1 aromatic heterocycles. The fourth-order valence-electron chi connectivity index (χ4n) is 2.85. The second kappa shape index (κ2) is 9.94. The predicted molar refractivity (Wildman–Crippen MR) is 105 cm³/mol. The van der Waals surface area contributed by atoms with Crippen LogP contribution in [0.15, 0.2) is 29.4 Å². The van der Waals surface area contributed by atoms with Gasteiger partial charge in [-0.2, -0.15) is 0 Å². The topological polar surface area (TPSA) is 52.4 Å². The molecule has 0 spiro atoms. The molecule has 0 saturated carbocycles. The lowest BCUT2D eigenvalue weighted by molar-refractivity contribution is 0.121. The van der Waals surface area contributed by atoms with Gasteiger partial charge in [0.15, 0.2) is 5.16 Å². The normalized spacial score (nSPS) is 14.7. The molecule has 1 fully saturated rings. The second-order valence-electron chi connectivity index (χ2n) is 6.89. The standard InChI is InChI=1S/C19H27FN4O2S/c1-15(2)14-24-18(23-8-11-25-12-9-23)21-22-19(24)27-13-3-10-26-17-6-4-16(20)5-7-17/h4-7,15H,3,8-14H2,1-2H3. The maximum atomic E-state index is 12.9. The molecule has 2 heterocycles. The fourth-order valence-corrected chi connectivity index (χ4v) is 3.71. The van der Waals surface area contributed by atoms with Crippen molar-refractivity contribution >= 4 is 17.7 Å². The lowest BCUT2D eigenvalue weighted by atomic mass is 10.2. The van der Waals surface area contributed by atoms with Gasteiger partial charge >= 0.3 is 0 Å². The van der Waals surface area contributed by atoms with Gasteiger partial charge in [0, 0.05) is 25.4 Å².